The molecule has 2 aliphatic rings. The van der Waals surface area contributed by atoms with Crippen LogP contribution in [0.15, 0.2) is 24.5 Å². The van der Waals surface area contributed by atoms with Gasteiger partial charge in [-0.15, -0.1) is 0 Å². The van der Waals surface area contributed by atoms with Crippen molar-refractivity contribution in [1.29, 1.82) is 0 Å². The van der Waals surface area contributed by atoms with Gasteiger partial charge in [0.15, 0.2) is 6.61 Å². The SMILES string of the molecule is O=C(Nc1nccc2c1CN(Cc1cnc(OCC(F)F)c(Cl)c1)C2=O)C1CCCC1. The second kappa shape index (κ2) is 9.13. The maximum atomic E-state index is 12.8. The van der Waals surface area contributed by atoms with Crippen molar-refractivity contribution >= 4 is 29.2 Å². The van der Waals surface area contributed by atoms with E-state index in [2.05, 4.69) is 15.3 Å². The molecule has 2 amide bonds. The van der Waals surface area contributed by atoms with Crippen molar-refractivity contribution in [3.63, 3.8) is 0 Å². The molecule has 0 unspecified atom stereocenters. The number of nitrogens with zero attached hydrogens (tertiary/aromatic N) is 3. The van der Waals surface area contributed by atoms with E-state index in [1.807, 2.05) is 0 Å². The second-order valence-electron chi connectivity index (χ2n) is 7.65. The highest BCUT2D eigenvalue weighted by Crippen LogP contribution is 2.32. The monoisotopic (exact) mass is 450 g/mol. The molecular weight excluding hydrogens is 430 g/mol. The first-order valence-electron chi connectivity index (χ1n) is 10.1. The van der Waals surface area contributed by atoms with Crippen LogP contribution in [0.3, 0.4) is 0 Å². The number of anilines is 1. The molecule has 0 aromatic carbocycles. The van der Waals surface area contributed by atoms with Crippen LogP contribution in [0.5, 0.6) is 5.88 Å². The normalized spacial score (nSPS) is 16.1. The summed E-state index contributed by atoms with van der Waals surface area (Å²) in [6.45, 7) is -0.302. The van der Waals surface area contributed by atoms with Gasteiger partial charge in [-0.3, -0.25) is 9.59 Å². The highest BCUT2D eigenvalue weighted by Gasteiger charge is 2.32. The lowest BCUT2D eigenvalue weighted by Crippen LogP contribution is -2.23. The van der Waals surface area contributed by atoms with Gasteiger partial charge in [0.2, 0.25) is 11.8 Å². The maximum absolute atomic E-state index is 12.8. The fourth-order valence-electron chi connectivity index (χ4n) is 3.95. The van der Waals surface area contributed by atoms with Crippen molar-refractivity contribution in [1.82, 2.24) is 14.9 Å². The number of amides is 2. The summed E-state index contributed by atoms with van der Waals surface area (Å²) in [5.41, 5.74) is 1.79. The van der Waals surface area contributed by atoms with Gasteiger partial charge in [0.1, 0.15) is 10.8 Å². The molecule has 1 aliphatic heterocycles. The number of hydrogen-bond acceptors (Lipinski definition) is 5. The Morgan fingerprint density at radius 3 is 2.81 bits per heavy atom. The van der Waals surface area contributed by atoms with E-state index < -0.39 is 13.0 Å². The number of halogens is 3. The van der Waals surface area contributed by atoms with E-state index in [1.165, 1.54) is 18.5 Å². The van der Waals surface area contributed by atoms with Crippen LogP contribution in [0, 0.1) is 5.92 Å². The van der Waals surface area contributed by atoms with E-state index in [0.717, 1.165) is 25.7 Å². The lowest BCUT2D eigenvalue weighted by atomic mass is 10.1. The zero-order valence-electron chi connectivity index (χ0n) is 16.6. The van der Waals surface area contributed by atoms with Gasteiger partial charge in [-0.05, 0) is 30.5 Å². The molecule has 1 saturated carbocycles. The molecule has 0 saturated heterocycles. The number of alkyl halides is 2. The Labute approximate surface area is 182 Å². The highest BCUT2D eigenvalue weighted by molar-refractivity contribution is 6.31. The fraction of sp³-hybridized carbons (Fsp3) is 0.429. The smallest absolute Gasteiger partial charge is 0.272 e. The summed E-state index contributed by atoms with van der Waals surface area (Å²) >= 11 is 6.08. The molecule has 0 radical (unpaired) electrons. The summed E-state index contributed by atoms with van der Waals surface area (Å²) in [5.74, 6) is 0.0764. The lowest BCUT2D eigenvalue weighted by Gasteiger charge is -2.16. The van der Waals surface area contributed by atoms with Crippen LogP contribution < -0.4 is 10.1 Å². The first-order valence-corrected chi connectivity index (χ1v) is 10.4. The minimum atomic E-state index is -2.63. The molecule has 7 nitrogen and oxygen atoms in total. The number of carbonyl (C=O) groups excluding carboxylic acids is 2. The number of carbonyl (C=O) groups is 2. The summed E-state index contributed by atoms with van der Waals surface area (Å²) in [5, 5.41) is 2.98. The molecule has 3 heterocycles. The molecular formula is C21H21ClF2N4O3. The van der Waals surface area contributed by atoms with Gasteiger partial charge in [-0.1, -0.05) is 24.4 Å². The van der Waals surface area contributed by atoms with Crippen LogP contribution in [-0.2, 0) is 17.9 Å². The van der Waals surface area contributed by atoms with Crippen LogP contribution in [0.4, 0.5) is 14.6 Å². The van der Waals surface area contributed by atoms with Crippen LogP contribution in [-0.4, -0.2) is 39.7 Å². The molecule has 31 heavy (non-hydrogen) atoms. The Hall–Kier alpha value is -2.81. The Morgan fingerprint density at radius 2 is 2.10 bits per heavy atom. The predicted octanol–water partition coefficient (Wildman–Crippen LogP) is 4.06. The zero-order chi connectivity index (χ0) is 22.0. The minimum absolute atomic E-state index is 0.00937. The molecule has 0 bridgehead atoms. The van der Waals surface area contributed by atoms with E-state index in [0.29, 0.717) is 22.5 Å². The molecule has 1 fully saturated rings. The second-order valence-corrected chi connectivity index (χ2v) is 8.06. The Morgan fingerprint density at radius 1 is 1.32 bits per heavy atom. The standard InChI is InChI=1S/C21H21ClF2N4O3/c22-16-7-12(8-26-20(16)31-11-17(23)24)9-28-10-15-14(21(28)30)5-6-25-18(15)27-19(29)13-3-1-2-4-13/h5-8,13,17H,1-4,9-11H2,(H,25,27,29). The van der Waals surface area contributed by atoms with Crippen LogP contribution in [0.25, 0.3) is 0 Å². The van der Waals surface area contributed by atoms with E-state index >= 15 is 0 Å². The van der Waals surface area contributed by atoms with Crippen LogP contribution >= 0.6 is 11.6 Å². The summed E-state index contributed by atoms with van der Waals surface area (Å²) < 4.78 is 29.5. The zero-order valence-corrected chi connectivity index (χ0v) is 17.4. The van der Waals surface area contributed by atoms with Crippen molar-refractivity contribution in [2.75, 3.05) is 11.9 Å². The molecule has 1 aliphatic carbocycles. The van der Waals surface area contributed by atoms with Crippen molar-refractivity contribution in [2.45, 2.75) is 45.2 Å². The van der Waals surface area contributed by atoms with E-state index in [4.69, 9.17) is 16.3 Å². The topological polar surface area (TPSA) is 84.4 Å². The number of nitrogens with one attached hydrogen (secondary N) is 1. The van der Waals surface area contributed by atoms with Crippen molar-refractivity contribution in [2.24, 2.45) is 5.92 Å². The number of pyridine rings is 2. The van der Waals surface area contributed by atoms with Crippen molar-refractivity contribution < 1.29 is 23.1 Å². The van der Waals surface area contributed by atoms with Gasteiger partial charge in [0.25, 0.3) is 12.3 Å². The maximum Gasteiger partial charge on any atom is 0.272 e. The molecule has 2 aromatic heterocycles. The lowest BCUT2D eigenvalue weighted by molar-refractivity contribution is -0.119. The molecule has 2 aromatic rings. The first-order chi connectivity index (χ1) is 14.9. The predicted molar refractivity (Wildman–Crippen MR) is 109 cm³/mol. The molecule has 0 atom stereocenters. The molecule has 1 N–H and O–H groups in total. The number of ether oxygens (including phenoxy) is 1. The van der Waals surface area contributed by atoms with Gasteiger partial charge >= 0.3 is 0 Å². The number of aromatic nitrogens is 2. The van der Waals surface area contributed by atoms with Gasteiger partial charge in [0, 0.05) is 36.0 Å². The van der Waals surface area contributed by atoms with Gasteiger partial charge in [-0.2, -0.15) is 0 Å². The number of rotatable bonds is 7. The minimum Gasteiger partial charge on any atom is -0.471 e. The summed E-state index contributed by atoms with van der Waals surface area (Å²) in [6, 6.07) is 3.17. The number of fused-ring (bicyclic) bond motifs is 1. The quantitative estimate of drug-likeness (QED) is 0.687. The third-order valence-electron chi connectivity index (χ3n) is 5.47. The van der Waals surface area contributed by atoms with E-state index in [9.17, 15) is 18.4 Å². The first kappa shape index (κ1) is 21.4. The van der Waals surface area contributed by atoms with Crippen molar-refractivity contribution in [3.05, 3.63) is 46.2 Å². The van der Waals surface area contributed by atoms with Crippen LogP contribution in [0.1, 0.15) is 47.2 Å². The summed E-state index contributed by atoms with van der Waals surface area (Å²) in [7, 11) is 0. The Kier molecular flexibility index (Phi) is 6.31. The average Bonchev–Trinajstić information content (AvgIpc) is 3.37. The van der Waals surface area contributed by atoms with Crippen LogP contribution in [0.2, 0.25) is 5.02 Å². The van der Waals surface area contributed by atoms with Gasteiger partial charge in [0.05, 0.1) is 6.54 Å². The average molecular weight is 451 g/mol. The van der Waals surface area contributed by atoms with Crippen molar-refractivity contribution in [3.8, 4) is 5.88 Å². The molecule has 164 valence electrons. The molecule has 10 heteroatoms. The largest absolute Gasteiger partial charge is 0.471 e. The van der Waals surface area contributed by atoms with Gasteiger partial charge < -0.3 is 15.0 Å². The Bertz CT molecular complexity index is 999. The fourth-order valence-corrected chi connectivity index (χ4v) is 4.19. The Balaban J connectivity index is 1.45. The highest BCUT2D eigenvalue weighted by atomic mass is 35.5. The molecule has 0 spiro atoms. The third-order valence-corrected chi connectivity index (χ3v) is 5.74. The summed E-state index contributed by atoms with van der Waals surface area (Å²) in [4.78, 5) is 35.2. The van der Waals surface area contributed by atoms with E-state index in [1.54, 1.807) is 11.0 Å². The number of hydrogen-bond donors (Lipinski definition) is 1. The third kappa shape index (κ3) is 4.76. The van der Waals surface area contributed by atoms with Gasteiger partial charge in [-0.25, -0.2) is 18.7 Å². The summed E-state index contributed by atoms with van der Waals surface area (Å²) in [6.07, 6.45) is 4.16. The molecule has 4 rings (SSSR count). The van der Waals surface area contributed by atoms with E-state index in [-0.39, 0.29) is 41.7 Å².